The Hall–Kier alpha value is 3.79. The number of hydrogen-bond acceptors (Lipinski definition) is 10. The first-order valence-electron chi connectivity index (χ1n) is 3.49. The van der Waals surface area contributed by atoms with Gasteiger partial charge in [-0.15, -0.1) is 0 Å². The molecule has 0 saturated carbocycles. The molecule has 0 rings (SSSR count). The molecule has 0 unspecified atom stereocenters. The van der Waals surface area contributed by atoms with Gasteiger partial charge >= 0.3 is 142 Å². The van der Waals surface area contributed by atoms with Crippen molar-refractivity contribution in [3.8, 4) is 0 Å². The molecule has 0 aromatic heterocycles. The summed E-state index contributed by atoms with van der Waals surface area (Å²) < 4.78 is 158. The van der Waals surface area contributed by atoms with Crippen molar-refractivity contribution in [2.45, 2.75) is 0 Å². The summed E-state index contributed by atoms with van der Waals surface area (Å²) in [5.41, 5.74) is 0. The van der Waals surface area contributed by atoms with Crippen LogP contribution in [0.25, 0.3) is 0 Å². The van der Waals surface area contributed by atoms with Crippen molar-refractivity contribution in [1.29, 1.82) is 0 Å². The van der Waals surface area contributed by atoms with Gasteiger partial charge in [0, 0.05) is 26.2 Å². The van der Waals surface area contributed by atoms with Gasteiger partial charge in [0.05, 0.1) is 0 Å². The first-order valence-corrected chi connectivity index (χ1v) is 10.5. The third kappa shape index (κ3) is 2100. The normalized spacial score (nSPS) is 9.67. The molecule has 0 heterocycles. The molecule has 0 saturated heterocycles. The van der Waals surface area contributed by atoms with E-state index in [1.807, 2.05) is 0 Å². The Morgan fingerprint density at radius 3 is 0.367 bits per heavy atom. The van der Waals surface area contributed by atoms with Crippen molar-refractivity contribution in [1.82, 2.24) is 0 Å². The summed E-state index contributed by atoms with van der Waals surface area (Å²) >= 11 is 0. The van der Waals surface area contributed by atoms with Gasteiger partial charge in [0.25, 0.3) is 0 Å². The number of rotatable bonds is 0. The van der Waals surface area contributed by atoms with Crippen molar-refractivity contribution >= 4 is 160 Å². The zero-order valence-corrected chi connectivity index (χ0v) is 17.6. The Balaban J connectivity index is -0.0000000200. The fourth-order valence-electron chi connectivity index (χ4n) is 0. The first-order chi connectivity index (χ1) is 10.0. The molecule has 0 aliphatic rings. The zero-order chi connectivity index (χ0) is 22.5. The van der Waals surface area contributed by atoms with Gasteiger partial charge in [0.2, 0.25) is 0 Å². The van der Waals surface area contributed by atoms with Gasteiger partial charge in [-0.25, -0.2) is 0 Å². The molecule has 0 atom stereocenters. The molecule has 0 spiro atoms. The molecule has 0 fully saturated rings. The second-order valence-electron chi connectivity index (χ2n) is 2.24. The Kier molecular flexibility index (Phi) is 62.1. The molecule has 0 amide bonds. The molecular weight excluding hydrogens is 686 g/mol. The quantitative estimate of drug-likeness (QED) is 0.0827. The van der Waals surface area contributed by atoms with Crippen LogP contribution in [0.3, 0.4) is 0 Å². The maximum atomic E-state index is 8.74. The van der Waals surface area contributed by atoms with Crippen LogP contribution in [0, 0.1) is 0 Å². The SMILES string of the molecule is O=S(=O)(O)O.O=S(=O)(O)O.O=S(=O)(O)O.O=S(=O)(O)O.O=S(=O)(O)O.[AlH3].[CaH2].[MgH2].[NaH].[Zr]. The molecule has 20 nitrogen and oxygen atoms in total. The predicted octanol–water partition coefficient (Wildman–Crippen LogP) is -6.93. The molecular formula is H18AlCaMgNaO20S5Zr. The largest absolute Gasteiger partial charge is 0 e. The minimum atomic E-state index is -4.67. The van der Waals surface area contributed by atoms with Crippen LogP contribution in [0.2, 0.25) is 0 Å². The van der Waals surface area contributed by atoms with E-state index in [2.05, 4.69) is 0 Å². The van der Waals surface area contributed by atoms with Crippen LogP contribution in [-0.2, 0) is 78.2 Å². The third-order valence-corrected chi connectivity index (χ3v) is 0. The number of hydrogen-bond donors (Lipinski definition) is 10. The van der Waals surface area contributed by atoms with Gasteiger partial charge in [-0.3, -0.25) is 45.5 Å². The summed E-state index contributed by atoms with van der Waals surface area (Å²) in [6.07, 6.45) is 0. The van der Waals surface area contributed by atoms with Gasteiger partial charge in [-0.1, -0.05) is 0 Å². The van der Waals surface area contributed by atoms with Crippen molar-refractivity contribution in [3.63, 3.8) is 0 Å². The van der Waals surface area contributed by atoms with Crippen LogP contribution in [0.4, 0.5) is 0 Å². The molecule has 0 radical (unpaired) electrons. The van der Waals surface area contributed by atoms with Crippen molar-refractivity contribution < 1.29 is 114 Å². The molecule has 0 aromatic carbocycles. The first kappa shape index (κ1) is 64.2. The Morgan fingerprint density at radius 1 is 0.367 bits per heavy atom. The van der Waals surface area contributed by atoms with Gasteiger partial charge in [-0.05, 0) is 0 Å². The molecule has 180 valence electrons. The van der Waals surface area contributed by atoms with Gasteiger partial charge in [-0.2, -0.15) is 42.1 Å². The van der Waals surface area contributed by atoms with Crippen LogP contribution in [0.5, 0.6) is 0 Å². The molecule has 0 aliphatic heterocycles. The van der Waals surface area contributed by atoms with Crippen molar-refractivity contribution in [2.75, 3.05) is 0 Å². The van der Waals surface area contributed by atoms with Crippen LogP contribution < -0.4 is 0 Å². The molecule has 30 heteroatoms. The molecule has 30 heavy (non-hydrogen) atoms. The van der Waals surface area contributed by atoms with E-state index in [0.29, 0.717) is 0 Å². The maximum absolute atomic E-state index is 8.74. The fourth-order valence-corrected chi connectivity index (χ4v) is 0. The monoisotopic (exact) mass is 702 g/mol. The van der Waals surface area contributed by atoms with Gasteiger partial charge < -0.3 is 0 Å². The van der Waals surface area contributed by atoms with E-state index in [4.69, 9.17) is 87.6 Å². The summed E-state index contributed by atoms with van der Waals surface area (Å²) in [5, 5.41) is 0. The summed E-state index contributed by atoms with van der Waals surface area (Å²) in [6.45, 7) is 0. The minimum Gasteiger partial charge on any atom is 0 e. The summed E-state index contributed by atoms with van der Waals surface area (Å²) in [6, 6.07) is 0. The van der Waals surface area contributed by atoms with Crippen LogP contribution in [0.1, 0.15) is 0 Å². The van der Waals surface area contributed by atoms with Crippen LogP contribution in [-0.4, -0.2) is 195 Å². The summed E-state index contributed by atoms with van der Waals surface area (Å²) in [7, 11) is -23.3. The fraction of sp³-hybridized carbons (Fsp3) is 0. The smallest absolute Gasteiger partial charge is 0 e. The van der Waals surface area contributed by atoms with E-state index in [1.54, 1.807) is 0 Å². The molecule has 0 aromatic rings. The third-order valence-electron chi connectivity index (χ3n) is 0. The zero-order valence-electron chi connectivity index (χ0n) is 11.1. The van der Waals surface area contributed by atoms with Crippen LogP contribution in [0.15, 0.2) is 0 Å². The summed E-state index contributed by atoms with van der Waals surface area (Å²) in [4.78, 5) is 0. The van der Waals surface area contributed by atoms with Gasteiger partial charge in [0.15, 0.2) is 17.4 Å². The average Bonchev–Trinajstić information content (AvgIpc) is 1.79. The predicted molar refractivity (Wildman–Crippen MR) is 105 cm³/mol. The Labute approximate surface area is 268 Å². The Morgan fingerprint density at radius 2 is 0.367 bits per heavy atom. The maximum Gasteiger partial charge on any atom is 0 e. The standard InChI is InChI=1S/Al.Ca.Mg.Na.5H2O4S.Zr.8H/c;;;;5*1-5(2,3)4;;;;;;;;;/h;;;;5*(H2,1,2,3,4);;;;;;;;;. The Bertz CT molecular complexity index is 639. The minimum absolute atomic E-state index is 0. The van der Waals surface area contributed by atoms with E-state index in [0.717, 1.165) is 0 Å². The van der Waals surface area contributed by atoms with Crippen LogP contribution >= 0.6 is 0 Å². The van der Waals surface area contributed by atoms with E-state index in [-0.39, 0.29) is 134 Å². The van der Waals surface area contributed by atoms with Crippen molar-refractivity contribution in [2.24, 2.45) is 0 Å². The van der Waals surface area contributed by atoms with E-state index >= 15 is 0 Å². The van der Waals surface area contributed by atoms with E-state index in [9.17, 15) is 0 Å². The average molecular weight is 704 g/mol. The molecule has 0 bridgehead atoms. The van der Waals surface area contributed by atoms with Crippen molar-refractivity contribution in [3.05, 3.63) is 0 Å². The topological polar surface area (TPSA) is 373 Å². The molecule has 10 N–H and O–H groups in total. The molecule has 0 aliphatic carbocycles. The summed E-state index contributed by atoms with van der Waals surface area (Å²) in [5.74, 6) is 0. The van der Waals surface area contributed by atoms with E-state index < -0.39 is 52.0 Å². The second-order valence-corrected chi connectivity index (χ2v) is 6.72. The van der Waals surface area contributed by atoms with Gasteiger partial charge in [0.1, 0.15) is 0 Å². The van der Waals surface area contributed by atoms with E-state index in [1.165, 1.54) is 0 Å². The second kappa shape index (κ2) is 29.0.